The molecule has 110 valence electrons. The summed E-state index contributed by atoms with van der Waals surface area (Å²) >= 11 is 0. The molecule has 2 aliphatic rings. The van der Waals surface area contributed by atoms with Crippen molar-refractivity contribution in [3.05, 3.63) is 30.4 Å². The van der Waals surface area contributed by atoms with Gasteiger partial charge in [0.15, 0.2) is 5.76 Å². The summed E-state index contributed by atoms with van der Waals surface area (Å²) in [7, 11) is 0. The summed E-state index contributed by atoms with van der Waals surface area (Å²) in [5.41, 5.74) is 0.922. The largest absolute Gasteiger partial charge is 0.360 e. The van der Waals surface area contributed by atoms with Crippen molar-refractivity contribution in [2.45, 2.75) is 25.4 Å². The second-order valence-electron chi connectivity index (χ2n) is 5.65. The van der Waals surface area contributed by atoms with E-state index >= 15 is 0 Å². The molecule has 0 bridgehead atoms. The number of amides is 1. The van der Waals surface area contributed by atoms with Gasteiger partial charge >= 0.3 is 0 Å². The van der Waals surface area contributed by atoms with Crippen LogP contribution in [0.25, 0.3) is 0 Å². The van der Waals surface area contributed by atoms with Crippen LogP contribution >= 0.6 is 0 Å². The molecule has 0 radical (unpaired) electrons. The van der Waals surface area contributed by atoms with E-state index in [9.17, 15) is 4.79 Å². The molecular formula is C14H17N5O2. The van der Waals surface area contributed by atoms with Crippen LogP contribution in [-0.2, 0) is 11.3 Å². The average molecular weight is 287 g/mol. The van der Waals surface area contributed by atoms with Gasteiger partial charge in [0.25, 0.3) is 0 Å². The minimum Gasteiger partial charge on any atom is -0.360 e. The minimum absolute atomic E-state index is 0.204. The van der Waals surface area contributed by atoms with Crippen molar-refractivity contribution in [3.8, 4) is 0 Å². The van der Waals surface area contributed by atoms with Crippen LogP contribution in [0.1, 0.15) is 24.6 Å². The quantitative estimate of drug-likeness (QED) is 0.841. The van der Waals surface area contributed by atoms with Crippen LogP contribution in [0.4, 0.5) is 5.69 Å². The van der Waals surface area contributed by atoms with Crippen LogP contribution < -0.4 is 4.90 Å². The normalized spacial score (nSPS) is 20.2. The highest BCUT2D eigenvalue weighted by atomic mass is 16.5. The van der Waals surface area contributed by atoms with Gasteiger partial charge in [0.2, 0.25) is 5.91 Å². The lowest BCUT2D eigenvalue weighted by molar-refractivity contribution is -0.117. The molecule has 0 unspecified atom stereocenters. The molecule has 0 spiro atoms. The van der Waals surface area contributed by atoms with Crippen molar-refractivity contribution >= 4 is 11.6 Å². The molecular weight excluding hydrogens is 270 g/mol. The fraction of sp³-hybridized carbons (Fsp3) is 0.500. The molecule has 0 N–H and O–H groups in total. The number of likely N-dealkylation sites (tertiary alicyclic amines) is 1. The van der Waals surface area contributed by atoms with E-state index in [1.807, 2.05) is 21.8 Å². The first-order valence-corrected chi connectivity index (χ1v) is 7.26. The summed E-state index contributed by atoms with van der Waals surface area (Å²) in [6.07, 6.45) is 7.04. The Labute approximate surface area is 122 Å². The maximum atomic E-state index is 11.7. The third kappa shape index (κ3) is 2.33. The third-order valence-electron chi connectivity index (χ3n) is 4.16. The minimum atomic E-state index is 0.204. The monoisotopic (exact) mass is 287 g/mol. The van der Waals surface area contributed by atoms with Gasteiger partial charge in [-0.3, -0.25) is 14.4 Å². The Bertz CT molecular complexity index is 630. The lowest BCUT2D eigenvalue weighted by Gasteiger charge is -2.38. The number of nitrogens with zero attached hydrogens (tertiary/aromatic N) is 5. The van der Waals surface area contributed by atoms with Gasteiger partial charge in [0.05, 0.1) is 30.7 Å². The van der Waals surface area contributed by atoms with Gasteiger partial charge in [0, 0.05) is 38.3 Å². The third-order valence-corrected chi connectivity index (χ3v) is 4.16. The van der Waals surface area contributed by atoms with Gasteiger partial charge in [-0.25, -0.2) is 0 Å². The van der Waals surface area contributed by atoms with Crippen molar-refractivity contribution in [1.29, 1.82) is 0 Å². The van der Waals surface area contributed by atoms with E-state index in [-0.39, 0.29) is 5.91 Å². The first kappa shape index (κ1) is 12.6. The van der Waals surface area contributed by atoms with Gasteiger partial charge in [-0.2, -0.15) is 5.10 Å². The van der Waals surface area contributed by atoms with Crippen molar-refractivity contribution in [2.75, 3.05) is 24.5 Å². The van der Waals surface area contributed by atoms with Crippen LogP contribution in [0.2, 0.25) is 0 Å². The molecule has 0 aromatic carbocycles. The predicted octanol–water partition coefficient (Wildman–Crippen LogP) is 1.05. The molecule has 4 heterocycles. The van der Waals surface area contributed by atoms with Gasteiger partial charge in [-0.15, -0.1) is 0 Å². The van der Waals surface area contributed by atoms with Gasteiger partial charge in [-0.1, -0.05) is 5.16 Å². The maximum Gasteiger partial charge on any atom is 0.227 e. The Morgan fingerprint density at radius 2 is 2.29 bits per heavy atom. The van der Waals surface area contributed by atoms with Crippen LogP contribution in [0.15, 0.2) is 29.2 Å². The molecule has 2 fully saturated rings. The first-order valence-electron chi connectivity index (χ1n) is 7.26. The molecule has 21 heavy (non-hydrogen) atoms. The number of carbonyl (C=O) groups excluding carboxylic acids is 1. The van der Waals surface area contributed by atoms with E-state index in [1.165, 1.54) is 0 Å². The number of aromatic nitrogens is 3. The van der Waals surface area contributed by atoms with Crippen molar-refractivity contribution in [3.63, 3.8) is 0 Å². The highest BCUT2D eigenvalue weighted by molar-refractivity contribution is 5.95. The highest BCUT2D eigenvalue weighted by Crippen LogP contribution is 2.26. The molecule has 2 aromatic heterocycles. The van der Waals surface area contributed by atoms with E-state index in [2.05, 4.69) is 15.2 Å². The fourth-order valence-corrected chi connectivity index (χ4v) is 2.97. The van der Waals surface area contributed by atoms with E-state index in [0.29, 0.717) is 12.5 Å². The number of carbonyl (C=O) groups is 1. The van der Waals surface area contributed by atoms with E-state index < -0.39 is 0 Å². The summed E-state index contributed by atoms with van der Waals surface area (Å²) in [5, 5.41) is 8.12. The molecule has 2 aromatic rings. The van der Waals surface area contributed by atoms with E-state index in [0.717, 1.165) is 44.0 Å². The zero-order chi connectivity index (χ0) is 14.2. The van der Waals surface area contributed by atoms with Crippen LogP contribution in [0, 0.1) is 0 Å². The molecule has 7 nitrogen and oxygen atoms in total. The SMILES string of the molecule is O=C1CCCN1c1cnn(C2CN(Cc3ccno3)C2)c1. The molecule has 1 amide bonds. The summed E-state index contributed by atoms with van der Waals surface area (Å²) in [6, 6.07) is 2.26. The van der Waals surface area contributed by atoms with Gasteiger partial charge in [-0.05, 0) is 6.42 Å². The zero-order valence-electron chi connectivity index (χ0n) is 11.7. The fourth-order valence-electron chi connectivity index (χ4n) is 2.97. The maximum absolute atomic E-state index is 11.7. The van der Waals surface area contributed by atoms with Crippen LogP contribution in [-0.4, -0.2) is 45.4 Å². The lowest BCUT2D eigenvalue weighted by atomic mass is 10.1. The standard InChI is InChI=1S/C14H17N5O2/c20-14-2-1-5-18(14)11-6-15-19(9-11)12-7-17(8-12)10-13-3-4-16-21-13/h3-4,6,9,12H,1-2,5,7-8,10H2. The van der Waals surface area contributed by atoms with E-state index in [1.54, 1.807) is 12.4 Å². The van der Waals surface area contributed by atoms with Crippen LogP contribution in [0.5, 0.6) is 0 Å². The molecule has 7 heteroatoms. The second kappa shape index (κ2) is 5.00. The molecule has 0 aliphatic carbocycles. The summed E-state index contributed by atoms with van der Waals surface area (Å²) < 4.78 is 7.08. The second-order valence-corrected chi connectivity index (χ2v) is 5.65. The van der Waals surface area contributed by atoms with Crippen molar-refractivity contribution in [1.82, 2.24) is 19.8 Å². The lowest BCUT2D eigenvalue weighted by Crippen LogP contribution is -2.47. The molecule has 0 atom stereocenters. The highest BCUT2D eigenvalue weighted by Gasteiger charge is 2.30. The molecule has 4 rings (SSSR count). The number of hydrogen-bond donors (Lipinski definition) is 0. The topological polar surface area (TPSA) is 67.4 Å². The summed E-state index contributed by atoms with van der Waals surface area (Å²) in [5.74, 6) is 1.09. The Morgan fingerprint density at radius 3 is 3.00 bits per heavy atom. The molecule has 2 saturated heterocycles. The summed E-state index contributed by atoms with van der Waals surface area (Å²) in [4.78, 5) is 15.8. The zero-order valence-corrected chi connectivity index (χ0v) is 11.7. The molecule has 2 aliphatic heterocycles. The average Bonchev–Trinajstić information content (AvgIpc) is 3.14. The Morgan fingerprint density at radius 1 is 1.38 bits per heavy atom. The van der Waals surface area contributed by atoms with E-state index in [4.69, 9.17) is 4.52 Å². The summed E-state index contributed by atoms with van der Waals surface area (Å²) in [6.45, 7) is 3.48. The first-order chi connectivity index (χ1) is 10.3. The van der Waals surface area contributed by atoms with Gasteiger partial charge < -0.3 is 9.42 Å². The Kier molecular flexibility index (Phi) is 2.99. The number of anilines is 1. The van der Waals surface area contributed by atoms with Crippen molar-refractivity contribution in [2.24, 2.45) is 0 Å². The Balaban J connectivity index is 1.36. The van der Waals surface area contributed by atoms with Crippen LogP contribution in [0.3, 0.4) is 0 Å². The molecule has 0 saturated carbocycles. The smallest absolute Gasteiger partial charge is 0.227 e. The van der Waals surface area contributed by atoms with Gasteiger partial charge in [0.1, 0.15) is 0 Å². The van der Waals surface area contributed by atoms with Crippen molar-refractivity contribution < 1.29 is 9.32 Å². The number of rotatable bonds is 4. The number of hydrogen-bond acceptors (Lipinski definition) is 5. The predicted molar refractivity (Wildman–Crippen MR) is 74.6 cm³/mol. The Hall–Kier alpha value is -2.15.